The molecule has 7 heteroatoms. The van der Waals surface area contributed by atoms with Gasteiger partial charge >= 0.3 is 0 Å². The third kappa shape index (κ3) is 5.44. The van der Waals surface area contributed by atoms with Gasteiger partial charge in [0.25, 0.3) is 0 Å². The summed E-state index contributed by atoms with van der Waals surface area (Å²) in [5.41, 5.74) is -0.173. The van der Waals surface area contributed by atoms with E-state index in [4.69, 9.17) is 14.7 Å². The highest BCUT2D eigenvalue weighted by atomic mass is 16.5. The van der Waals surface area contributed by atoms with Crippen molar-refractivity contribution in [1.82, 2.24) is 15.0 Å². The van der Waals surface area contributed by atoms with Crippen LogP contribution in [0, 0.1) is 0 Å². The number of aliphatic imine (C=N–C) groups is 1. The summed E-state index contributed by atoms with van der Waals surface area (Å²) in [5.74, 6) is 1.52. The second-order valence-corrected chi connectivity index (χ2v) is 9.53. The van der Waals surface area contributed by atoms with Crippen LogP contribution in [0.4, 0.5) is 11.9 Å². The lowest BCUT2D eigenvalue weighted by molar-refractivity contribution is 0.122. The van der Waals surface area contributed by atoms with E-state index in [9.17, 15) is 0 Å². The molecule has 0 atom stereocenters. The highest BCUT2D eigenvalue weighted by Crippen LogP contribution is 2.41. The Balaban J connectivity index is 1.76. The largest absolute Gasteiger partial charge is 0.378 e. The number of piperidine rings is 1. The van der Waals surface area contributed by atoms with E-state index in [1.807, 2.05) is 0 Å². The van der Waals surface area contributed by atoms with Crippen LogP contribution in [0.3, 0.4) is 0 Å². The normalized spacial score (nSPS) is 22.4. The maximum Gasteiger partial charge on any atom is 0.231 e. The first kappa shape index (κ1) is 21.9. The number of aromatic nitrogens is 3. The summed E-state index contributed by atoms with van der Waals surface area (Å²) >= 11 is 0. The molecule has 3 heterocycles. The molecule has 0 aliphatic carbocycles. The number of morpholine rings is 1. The molecular weight excluding hydrogens is 364 g/mol. The van der Waals surface area contributed by atoms with Crippen molar-refractivity contribution >= 4 is 18.1 Å². The summed E-state index contributed by atoms with van der Waals surface area (Å²) in [4.78, 5) is 23.4. The Morgan fingerprint density at radius 2 is 1.72 bits per heavy atom. The molecule has 2 aliphatic rings. The molecule has 2 aliphatic heterocycles. The van der Waals surface area contributed by atoms with Gasteiger partial charge in [0.1, 0.15) is 6.33 Å². The Labute approximate surface area is 176 Å². The van der Waals surface area contributed by atoms with E-state index in [1.165, 1.54) is 19.3 Å². The SMILES string of the molecule is CCCCCC=NC1CC(C)(C)N(c2ncnc(N3CCOCC3)n2)C(C)(C)C1. The molecule has 7 nitrogen and oxygen atoms in total. The molecule has 0 aromatic carbocycles. The highest BCUT2D eigenvalue weighted by Gasteiger charge is 2.46. The van der Waals surface area contributed by atoms with Crippen LogP contribution in [0.15, 0.2) is 11.3 Å². The minimum atomic E-state index is -0.0865. The van der Waals surface area contributed by atoms with Crippen molar-refractivity contribution < 1.29 is 4.74 Å². The zero-order chi connectivity index (χ0) is 20.9. The molecule has 0 spiro atoms. The average molecular weight is 403 g/mol. The van der Waals surface area contributed by atoms with Gasteiger partial charge in [-0.3, -0.25) is 4.99 Å². The van der Waals surface area contributed by atoms with Crippen LogP contribution in [-0.2, 0) is 4.74 Å². The quantitative estimate of drug-likeness (QED) is 0.509. The van der Waals surface area contributed by atoms with Crippen LogP contribution in [0.2, 0.25) is 0 Å². The summed E-state index contributed by atoms with van der Waals surface area (Å²) in [6, 6.07) is 0.346. The lowest BCUT2D eigenvalue weighted by Gasteiger charge is -2.54. The molecule has 0 N–H and O–H groups in total. The van der Waals surface area contributed by atoms with Gasteiger partial charge < -0.3 is 14.5 Å². The maximum atomic E-state index is 5.46. The van der Waals surface area contributed by atoms with Crippen molar-refractivity contribution in [2.75, 3.05) is 36.1 Å². The Kier molecular flexibility index (Phi) is 7.09. The van der Waals surface area contributed by atoms with Gasteiger partial charge in [-0.25, -0.2) is 9.97 Å². The third-order valence-corrected chi connectivity index (χ3v) is 5.97. The van der Waals surface area contributed by atoms with Gasteiger partial charge in [-0.15, -0.1) is 0 Å². The van der Waals surface area contributed by atoms with Crippen molar-refractivity contribution in [3.63, 3.8) is 0 Å². The van der Waals surface area contributed by atoms with Gasteiger partial charge in [0.05, 0.1) is 19.3 Å². The van der Waals surface area contributed by atoms with Crippen molar-refractivity contribution in [2.24, 2.45) is 4.99 Å². The van der Waals surface area contributed by atoms with Gasteiger partial charge in [0.15, 0.2) is 0 Å². The zero-order valence-corrected chi connectivity index (χ0v) is 18.9. The van der Waals surface area contributed by atoms with Crippen molar-refractivity contribution in [3.05, 3.63) is 6.33 Å². The van der Waals surface area contributed by atoms with E-state index in [1.54, 1.807) is 6.33 Å². The zero-order valence-electron chi connectivity index (χ0n) is 18.9. The van der Waals surface area contributed by atoms with Crippen molar-refractivity contribution in [2.45, 2.75) is 90.3 Å². The molecule has 2 saturated heterocycles. The molecule has 1 aromatic rings. The lowest BCUT2D eigenvalue weighted by Crippen LogP contribution is -2.62. The van der Waals surface area contributed by atoms with Gasteiger partial charge in [-0.1, -0.05) is 19.8 Å². The van der Waals surface area contributed by atoms with Crippen molar-refractivity contribution in [1.29, 1.82) is 0 Å². The minimum Gasteiger partial charge on any atom is -0.378 e. The molecule has 0 amide bonds. The summed E-state index contributed by atoms with van der Waals surface area (Å²) < 4.78 is 5.46. The van der Waals surface area contributed by atoms with Crippen LogP contribution in [0.1, 0.15) is 73.1 Å². The van der Waals surface area contributed by atoms with E-state index in [0.29, 0.717) is 6.04 Å². The molecular formula is C22H38N6O. The fourth-order valence-electron chi connectivity index (χ4n) is 4.89. The van der Waals surface area contributed by atoms with Crippen molar-refractivity contribution in [3.8, 4) is 0 Å². The predicted octanol–water partition coefficient (Wildman–Crippen LogP) is 3.89. The standard InChI is InChI=1S/C22H38N6O/c1-6-7-8-9-10-23-18-15-21(2,3)28(22(4,5)16-18)20-25-17-24-19(26-20)27-11-13-29-14-12-27/h10,17-18H,6-9,11-16H2,1-5H3. The number of unbranched alkanes of at least 4 members (excludes halogenated alkanes) is 3. The maximum absolute atomic E-state index is 5.46. The Hall–Kier alpha value is -1.76. The number of rotatable bonds is 7. The molecule has 0 unspecified atom stereocenters. The minimum absolute atomic E-state index is 0.0865. The summed E-state index contributed by atoms with van der Waals surface area (Å²) in [6.07, 6.45) is 10.7. The van der Waals surface area contributed by atoms with E-state index < -0.39 is 0 Å². The van der Waals surface area contributed by atoms with Crippen LogP contribution in [0.5, 0.6) is 0 Å². The Morgan fingerprint density at radius 1 is 1.07 bits per heavy atom. The van der Waals surface area contributed by atoms with E-state index in [0.717, 1.165) is 57.5 Å². The second kappa shape index (κ2) is 9.37. The number of hydrogen-bond donors (Lipinski definition) is 0. The summed E-state index contributed by atoms with van der Waals surface area (Å²) in [7, 11) is 0. The van der Waals surface area contributed by atoms with Crippen LogP contribution in [0.25, 0.3) is 0 Å². The van der Waals surface area contributed by atoms with Gasteiger partial charge in [-0.05, 0) is 59.6 Å². The number of nitrogens with zero attached hydrogens (tertiary/aromatic N) is 6. The average Bonchev–Trinajstić information content (AvgIpc) is 2.67. The molecule has 3 rings (SSSR count). The topological polar surface area (TPSA) is 66.7 Å². The van der Waals surface area contributed by atoms with Gasteiger partial charge in [0, 0.05) is 24.2 Å². The number of hydrogen-bond acceptors (Lipinski definition) is 7. The molecule has 162 valence electrons. The van der Waals surface area contributed by atoms with Crippen LogP contribution in [-0.4, -0.2) is 64.6 Å². The molecule has 2 fully saturated rings. The monoisotopic (exact) mass is 402 g/mol. The Bertz CT molecular complexity index is 666. The third-order valence-electron chi connectivity index (χ3n) is 5.97. The number of anilines is 2. The first-order chi connectivity index (χ1) is 13.8. The van der Waals surface area contributed by atoms with E-state index in [-0.39, 0.29) is 11.1 Å². The predicted molar refractivity (Wildman–Crippen MR) is 119 cm³/mol. The summed E-state index contributed by atoms with van der Waals surface area (Å²) in [5, 5.41) is 0. The van der Waals surface area contributed by atoms with Crippen LogP contribution < -0.4 is 9.80 Å². The fourth-order valence-corrected chi connectivity index (χ4v) is 4.89. The van der Waals surface area contributed by atoms with Crippen LogP contribution >= 0.6 is 0 Å². The molecule has 0 saturated carbocycles. The molecule has 29 heavy (non-hydrogen) atoms. The molecule has 0 radical (unpaired) electrons. The van der Waals surface area contributed by atoms with E-state index in [2.05, 4.69) is 60.6 Å². The number of ether oxygens (including phenoxy) is 1. The highest BCUT2D eigenvalue weighted by molar-refractivity contribution is 5.57. The molecule has 1 aromatic heterocycles. The lowest BCUT2D eigenvalue weighted by atomic mass is 9.77. The van der Waals surface area contributed by atoms with Gasteiger partial charge in [-0.2, -0.15) is 4.98 Å². The van der Waals surface area contributed by atoms with Gasteiger partial charge in [0.2, 0.25) is 11.9 Å². The molecule has 0 bridgehead atoms. The first-order valence-corrected chi connectivity index (χ1v) is 11.2. The van der Waals surface area contributed by atoms with E-state index >= 15 is 0 Å². The smallest absolute Gasteiger partial charge is 0.231 e. The first-order valence-electron chi connectivity index (χ1n) is 11.2. The summed E-state index contributed by atoms with van der Waals surface area (Å²) in [6.45, 7) is 14.5. The second-order valence-electron chi connectivity index (χ2n) is 9.53. The fraction of sp³-hybridized carbons (Fsp3) is 0.818. The Morgan fingerprint density at radius 3 is 2.38 bits per heavy atom.